The first kappa shape index (κ1) is 21.6. The predicted octanol–water partition coefficient (Wildman–Crippen LogP) is 6.12. The molecule has 0 saturated heterocycles. The summed E-state index contributed by atoms with van der Waals surface area (Å²) < 4.78 is 16.8. The molecule has 0 spiro atoms. The number of thiophene rings is 1. The zero-order valence-corrected chi connectivity index (χ0v) is 19.8. The highest BCUT2D eigenvalue weighted by Gasteiger charge is 2.39. The summed E-state index contributed by atoms with van der Waals surface area (Å²) in [5, 5.41) is 5.66. The van der Waals surface area contributed by atoms with E-state index in [-0.39, 0.29) is 17.6 Å². The molecule has 170 valence electrons. The molecule has 1 aromatic heterocycles. The lowest BCUT2D eigenvalue weighted by atomic mass is 9.73. The molecule has 0 unspecified atom stereocenters. The Kier molecular flexibility index (Phi) is 5.85. The van der Waals surface area contributed by atoms with Crippen molar-refractivity contribution in [3.63, 3.8) is 0 Å². The van der Waals surface area contributed by atoms with Gasteiger partial charge >= 0.3 is 0 Å². The van der Waals surface area contributed by atoms with E-state index in [1.807, 2.05) is 31.2 Å². The zero-order valence-electron chi connectivity index (χ0n) is 19.0. The fourth-order valence-corrected chi connectivity index (χ4v) is 5.77. The molecule has 2 aliphatic rings. The van der Waals surface area contributed by atoms with Crippen molar-refractivity contribution in [1.82, 2.24) is 0 Å². The summed E-state index contributed by atoms with van der Waals surface area (Å²) in [7, 11) is 3.27. The molecule has 0 bridgehead atoms. The molecule has 3 aromatic rings. The molecule has 0 amide bonds. The lowest BCUT2D eigenvalue weighted by Crippen LogP contribution is -2.29. The van der Waals surface area contributed by atoms with Crippen molar-refractivity contribution in [2.75, 3.05) is 26.1 Å². The average molecular weight is 462 g/mol. The molecule has 0 radical (unpaired) electrons. The van der Waals surface area contributed by atoms with Gasteiger partial charge in [-0.1, -0.05) is 18.2 Å². The van der Waals surface area contributed by atoms with E-state index >= 15 is 0 Å². The van der Waals surface area contributed by atoms with Crippen molar-refractivity contribution in [2.24, 2.45) is 0 Å². The molecule has 5 nitrogen and oxygen atoms in total. The number of ether oxygens (including phenoxy) is 3. The summed E-state index contributed by atoms with van der Waals surface area (Å²) in [4.78, 5) is 14.9. The Labute approximate surface area is 198 Å². The first-order chi connectivity index (χ1) is 16.1. The Morgan fingerprint density at radius 2 is 1.79 bits per heavy atom. The molecular formula is C27H27NO4S. The molecule has 6 heteroatoms. The van der Waals surface area contributed by atoms with Gasteiger partial charge < -0.3 is 19.5 Å². The van der Waals surface area contributed by atoms with E-state index in [4.69, 9.17) is 14.2 Å². The number of benzene rings is 2. The summed E-state index contributed by atoms with van der Waals surface area (Å²) >= 11 is 1.72. The van der Waals surface area contributed by atoms with Gasteiger partial charge in [-0.15, -0.1) is 11.3 Å². The van der Waals surface area contributed by atoms with E-state index in [1.165, 1.54) is 4.88 Å². The van der Waals surface area contributed by atoms with Gasteiger partial charge in [0.15, 0.2) is 17.3 Å². The quantitative estimate of drug-likeness (QED) is 0.479. The van der Waals surface area contributed by atoms with Crippen LogP contribution in [0.1, 0.15) is 47.6 Å². The molecule has 1 N–H and O–H groups in total. The summed E-state index contributed by atoms with van der Waals surface area (Å²) in [6, 6.07) is 16.2. The van der Waals surface area contributed by atoms with Gasteiger partial charge in [0.25, 0.3) is 0 Å². The standard InChI is InChI=1S/C27H27NO4S/c1-4-32-18-9-7-16(8-10-18)26-19-14-23(30-2)24(31-3)15-20(19)28-21-12-17(13-22(29)27(21)26)25-6-5-11-33-25/h5-11,14-15,17,26,28H,4,12-13H2,1-3H3/t17-,26+/m1/s1. The van der Waals surface area contributed by atoms with Crippen LogP contribution in [0, 0.1) is 0 Å². The molecule has 33 heavy (non-hydrogen) atoms. The molecular weight excluding hydrogens is 434 g/mol. The highest BCUT2D eigenvalue weighted by atomic mass is 32.1. The number of ketones is 1. The van der Waals surface area contributed by atoms with E-state index in [1.54, 1.807) is 25.6 Å². The maximum Gasteiger partial charge on any atom is 0.162 e. The van der Waals surface area contributed by atoms with Gasteiger partial charge in [-0.2, -0.15) is 0 Å². The fraction of sp³-hybridized carbons (Fsp3) is 0.296. The van der Waals surface area contributed by atoms with Gasteiger partial charge in [-0.05, 0) is 54.1 Å². The van der Waals surface area contributed by atoms with Crippen molar-refractivity contribution in [3.8, 4) is 17.2 Å². The van der Waals surface area contributed by atoms with Crippen LogP contribution >= 0.6 is 11.3 Å². The number of hydrogen-bond acceptors (Lipinski definition) is 6. The van der Waals surface area contributed by atoms with Crippen LogP contribution in [0.5, 0.6) is 17.2 Å². The normalized spacial score (nSPS) is 19.4. The number of fused-ring (bicyclic) bond motifs is 1. The van der Waals surface area contributed by atoms with E-state index in [0.717, 1.165) is 40.3 Å². The second-order valence-electron chi connectivity index (χ2n) is 8.29. The molecule has 2 atom stereocenters. The predicted molar refractivity (Wildman–Crippen MR) is 131 cm³/mol. The molecule has 0 fully saturated rings. The van der Waals surface area contributed by atoms with E-state index in [2.05, 4.69) is 35.0 Å². The second kappa shape index (κ2) is 8.94. The Bertz CT molecular complexity index is 1200. The third-order valence-corrected chi connectivity index (χ3v) is 7.45. The largest absolute Gasteiger partial charge is 0.494 e. The van der Waals surface area contributed by atoms with E-state index in [9.17, 15) is 4.79 Å². The minimum atomic E-state index is -0.177. The number of methoxy groups -OCH3 is 2. The Morgan fingerprint density at radius 3 is 2.45 bits per heavy atom. The van der Waals surface area contributed by atoms with Crippen LogP contribution in [0.15, 0.2) is 65.2 Å². The minimum Gasteiger partial charge on any atom is -0.494 e. The van der Waals surface area contributed by atoms with Gasteiger partial charge in [-0.25, -0.2) is 0 Å². The fourth-order valence-electron chi connectivity index (χ4n) is 4.94. The van der Waals surface area contributed by atoms with Crippen molar-refractivity contribution < 1.29 is 19.0 Å². The van der Waals surface area contributed by atoms with Crippen LogP contribution in [0.3, 0.4) is 0 Å². The number of carbonyl (C=O) groups excluding carboxylic acids is 1. The Balaban J connectivity index is 1.64. The lowest BCUT2D eigenvalue weighted by Gasteiger charge is -2.36. The van der Waals surface area contributed by atoms with Crippen LogP contribution < -0.4 is 19.5 Å². The maximum atomic E-state index is 13.6. The van der Waals surface area contributed by atoms with Crippen molar-refractivity contribution in [2.45, 2.75) is 31.6 Å². The number of rotatable bonds is 6. The van der Waals surface area contributed by atoms with Crippen LogP contribution in [-0.2, 0) is 4.79 Å². The van der Waals surface area contributed by atoms with Gasteiger partial charge in [0.1, 0.15) is 5.75 Å². The van der Waals surface area contributed by atoms with E-state index < -0.39 is 0 Å². The zero-order chi connectivity index (χ0) is 22.9. The van der Waals surface area contributed by atoms with Gasteiger partial charge in [0.2, 0.25) is 0 Å². The SMILES string of the molecule is CCOc1ccc([C@@H]2C3=C(C[C@@H](c4cccs4)CC3=O)Nc3cc(OC)c(OC)cc32)cc1. The van der Waals surface area contributed by atoms with Gasteiger partial charge in [0.05, 0.1) is 20.8 Å². The maximum absolute atomic E-state index is 13.6. The molecule has 1 aliphatic carbocycles. The molecule has 0 saturated carbocycles. The Morgan fingerprint density at radius 1 is 1.03 bits per heavy atom. The highest BCUT2D eigenvalue weighted by molar-refractivity contribution is 7.10. The smallest absolute Gasteiger partial charge is 0.162 e. The third kappa shape index (κ3) is 3.89. The first-order valence-electron chi connectivity index (χ1n) is 11.2. The lowest BCUT2D eigenvalue weighted by molar-refractivity contribution is -0.116. The van der Waals surface area contributed by atoms with Crippen LogP contribution in [0.2, 0.25) is 0 Å². The third-order valence-electron chi connectivity index (χ3n) is 6.42. The summed E-state index contributed by atoms with van der Waals surface area (Å²) in [5.74, 6) is 2.36. The second-order valence-corrected chi connectivity index (χ2v) is 9.27. The van der Waals surface area contributed by atoms with Gasteiger partial charge in [0, 0.05) is 46.2 Å². The number of allylic oxidation sites excluding steroid dienone is 2. The molecule has 5 rings (SSSR count). The highest BCUT2D eigenvalue weighted by Crippen LogP contribution is 2.50. The number of Topliss-reactive ketones (excluding diaryl/α,β-unsaturated/α-hetero) is 1. The topological polar surface area (TPSA) is 56.8 Å². The summed E-state index contributed by atoms with van der Waals surface area (Å²) in [6.07, 6.45) is 1.33. The van der Waals surface area contributed by atoms with Crippen molar-refractivity contribution in [3.05, 3.63) is 81.2 Å². The molecule has 2 heterocycles. The summed E-state index contributed by atoms with van der Waals surface area (Å²) in [6.45, 7) is 2.59. The van der Waals surface area contributed by atoms with E-state index in [0.29, 0.717) is 24.5 Å². The first-order valence-corrected chi connectivity index (χ1v) is 12.1. The number of nitrogens with one attached hydrogen (secondary N) is 1. The van der Waals surface area contributed by atoms with Gasteiger partial charge in [-0.3, -0.25) is 4.79 Å². The van der Waals surface area contributed by atoms with Crippen LogP contribution in [0.4, 0.5) is 5.69 Å². The summed E-state index contributed by atoms with van der Waals surface area (Å²) in [5.41, 5.74) is 4.88. The molecule has 2 aromatic carbocycles. The van der Waals surface area contributed by atoms with Crippen LogP contribution in [-0.4, -0.2) is 26.6 Å². The minimum absolute atomic E-state index is 0.177. The van der Waals surface area contributed by atoms with Crippen molar-refractivity contribution in [1.29, 1.82) is 0 Å². The Hall–Kier alpha value is -3.25. The van der Waals surface area contributed by atoms with Crippen molar-refractivity contribution >= 4 is 22.8 Å². The molecule has 1 aliphatic heterocycles. The number of hydrogen-bond donors (Lipinski definition) is 1. The average Bonchev–Trinajstić information content (AvgIpc) is 3.38. The monoisotopic (exact) mass is 461 g/mol. The number of anilines is 1. The van der Waals surface area contributed by atoms with Crippen LogP contribution in [0.25, 0.3) is 0 Å². The number of carbonyl (C=O) groups is 1.